The highest BCUT2D eigenvalue weighted by Crippen LogP contribution is 2.28. The van der Waals surface area contributed by atoms with Crippen LogP contribution in [0, 0.1) is 0 Å². The Morgan fingerprint density at radius 3 is 2.40 bits per heavy atom. The first kappa shape index (κ1) is 20.5. The molecule has 2 saturated heterocycles. The molecule has 2 aliphatic heterocycles. The molecule has 0 radical (unpaired) electrons. The number of hydrogen-bond donors (Lipinski definition) is 1. The topological polar surface area (TPSA) is 67.2 Å². The number of halogens is 3. The first-order chi connectivity index (χ1) is 14.3. The molecule has 30 heavy (non-hydrogen) atoms. The van der Waals surface area contributed by atoms with Gasteiger partial charge in [-0.15, -0.1) is 8.78 Å². The van der Waals surface area contributed by atoms with E-state index in [-0.39, 0.29) is 24.0 Å². The molecular weight excluding hydrogens is 418 g/mol. The van der Waals surface area contributed by atoms with Gasteiger partial charge in [-0.25, -0.2) is 9.88 Å². The zero-order valence-electron chi connectivity index (χ0n) is 15.9. The number of piperazine rings is 1. The van der Waals surface area contributed by atoms with Crippen LogP contribution >= 0.6 is 11.6 Å². The summed E-state index contributed by atoms with van der Waals surface area (Å²) in [6.45, 7) is 2.91. The maximum absolute atomic E-state index is 13.0. The van der Waals surface area contributed by atoms with Gasteiger partial charge in [0.1, 0.15) is 11.6 Å². The molecule has 4 rings (SSSR count). The molecule has 1 aromatic carbocycles. The minimum Gasteiger partial charge on any atom is -0.420 e. The Morgan fingerprint density at radius 2 is 1.80 bits per heavy atom. The molecule has 0 aliphatic carbocycles. The van der Waals surface area contributed by atoms with Gasteiger partial charge < -0.3 is 14.5 Å². The standard InChI is InChI=1S/C20H19ClF2N4O3/c21-20(22,23)30-15-6-4-14(5-7-15)27-18(28)13-16(19(27)29)25-9-11-26(12-10-25)17-3-1-2-8-24-17/h1-8,16H,9-13H2/p+1. The van der Waals surface area contributed by atoms with Gasteiger partial charge in [-0.2, -0.15) is 0 Å². The van der Waals surface area contributed by atoms with Crippen molar-refractivity contribution in [1.29, 1.82) is 0 Å². The van der Waals surface area contributed by atoms with E-state index in [0.29, 0.717) is 18.8 Å². The zero-order valence-corrected chi connectivity index (χ0v) is 16.7. The Kier molecular flexibility index (Phi) is 5.57. The predicted octanol–water partition coefficient (Wildman–Crippen LogP) is 1.29. The van der Waals surface area contributed by atoms with E-state index in [2.05, 4.69) is 14.6 Å². The summed E-state index contributed by atoms with van der Waals surface area (Å²) >= 11 is 4.75. The lowest BCUT2D eigenvalue weighted by Crippen LogP contribution is -3.19. The molecule has 0 spiro atoms. The molecule has 2 amide bonds. The molecule has 2 fully saturated rings. The Balaban J connectivity index is 1.41. The highest BCUT2D eigenvalue weighted by molar-refractivity contribution is 6.22. The van der Waals surface area contributed by atoms with Crippen LogP contribution in [0.25, 0.3) is 0 Å². The normalized spacial score (nSPS) is 20.7. The van der Waals surface area contributed by atoms with E-state index in [0.717, 1.165) is 28.7 Å². The number of nitrogens with zero attached hydrogens (tertiary/aromatic N) is 3. The Bertz CT molecular complexity index is 916. The average molecular weight is 438 g/mol. The summed E-state index contributed by atoms with van der Waals surface area (Å²) in [5.41, 5.74) is -3.50. The van der Waals surface area contributed by atoms with Gasteiger partial charge >= 0.3 is 5.57 Å². The smallest absolute Gasteiger partial charge is 0.420 e. The summed E-state index contributed by atoms with van der Waals surface area (Å²) < 4.78 is 29.7. The minimum atomic E-state index is -3.83. The molecule has 7 nitrogen and oxygen atoms in total. The molecule has 0 saturated carbocycles. The Labute approximate surface area is 176 Å². The van der Waals surface area contributed by atoms with Gasteiger partial charge in [0.25, 0.3) is 5.91 Å². The lowest BCUT2D eigenvalue weighted by Gasteiger charge is -2.34. The molecule has 2 aliphatic rings. The van der Waals surface area contributed by atoms with Gasteiger partial charge in [0, 0.05) is 17.8 Å². The molecule has 158 valence electrons. The van der Waals surface area contributed by atoms with Crippen molar-refractivity contribution in [3.63, 3.8) is 0 Å². The molecular formula is C20H20ClF2N4O3+. The Morgan fingerprint density at radius 1 is 1.10 bits per heavy atom. The fraction of sp³-hybridized carbons (Fsp3) is 0.350. The molecule has 1 atom stereocenters. The number of aromatic nitrogens is 1. The lowest BCUT2D eigenvalue weighted by atomic mass is 10.1. The van der Waals surface area contributed by atoms with Crippen LogP contribution in [-0.2, 0) is 9.59 Å². The van der Waals surface area contributed by atoms with Gasteiger partial charge in [0.05, 0.1) is 38.3 Å². The number of anilines is 2. The third-order valence-electron chi connectivity index (χ3n) is 5.35. The second kappa shape index (κ2) is 8.16. The third kappa shape index (κ3) is 4.36. The minimum absolute atomic E-state index is 0.121. The first-order valence-electron chi connectivity index (χ1n) is 9.55. The van der Waals surface area contributed by atoms with Crippen molar-refractivity contribution >= 4 is 34.9 Å². The monoisotopic (exact) mass is 437 g/mol. The largest absolute Gasteiger partial charge is 0.487 e. The number of carbonyl (C=O) groups excluding carboxylic acids is 2. The van der Waals surface area contributed by atoms with Gasteiger partial charge in [0.15, 0.2) is 6.04 Å². The van der Waals surface area contributed by atoms with Gasteiger partial charge in [-0.1, -0.05) is 6.07 Å². The summed E-state index contributed by atoms with van der Waals surface area (Å²) in [5, 5.41) is 0. The summed E-state index contributed by atoms with van der Waals surface area (Å²) in [4.78, 5) is 34.2. The number of imide groups is 1. The van der Waals surface area contributed by atoms with E-state index in [1.807, 2.05) is 18.2 Å². The van der Waals surface area contributed by atoms with E-state index in [1.165, 1.54) is 24.3 Å². The van der Waals surface area contributed by atoms with Crippen LogP contribution in [0.3, 0.4) is 0 Å². The van der Waals surface area contributed by atoms with Crippen LogP contribution in [0.4, 0.5) is 20.3 Å². The fourth-order valence-corrected chi connectivity index (χ4v) is 4.02. The van der Waals surface area contributed by atoms with Crippen LogP contribution in [-0.4, -0.2) is 54.6 Å². The van der Waals surface area contributed by atoms with E-state index in [1.54, 1.807) is 6.20 Å². The summed E-state index contributed by atoms with van der Waals surface area (Å²) in [5.74, 6) is 0.154. The number of benzene rings is 1. The maximum Gasteiger partial charge on any atom is 0.487 e. The molecule has 0 bridgehead atoms. The summed E-state index contributed by atoms with van der Waals surface area (Å²) in [6.07, 6.45) is 1.87. The predicted molar refractivity (Wildman–Crippen MR) is 106 cm³/mol. The van der Waals surface area contributed by atoms with Crippen LogP contribution in [0.1, 0.15) is 6.42 Å². The Hall–Kier alpha value is -2.78. The molecule has 3 heterocycles. The third-order valence-corrected chi connectivity index (χ3v) is 5.42. The van der Waals surface area contributed by atoms with Crippen molar-refractivity contribution < 1.29 is 28.0 Å². The van der Waals surface area contributed by atoms with Crippen LogP contribution < -0.4 is 19.4 Å². The highest BCUT2D eigenvalue weighted by Gasteiger charge is 2.46. The van der Waals surface area contributed by atoms with Crippen molar-refractivity contribution in [1.82, 2.24) is 4.98 Å². The average Bonchev–Trinajstić information content (AvgIpc) is 3.02. The molecule has 1 N–H and O–H groups in total. The van der Waals surface area contributed by atoms with Crippen LogP contribution in [0.5, 0.6) is 5.75 Å². The van der Waals surface area contributed by atoms with E-state index < -0.39 is 11.6 Å². The van der Waals surface area contributed by atoms with Crippen LogP contribution in [0.15, 0.2) is 48.7 Å². The number of quaternary nitrogens is 1. The molecule has 10 heteroatoms. The van der Waals surface area contributed by atoms with E-state index in [4.69, 9.17) is 11.6 Å². The number of nitrogens with one attached hydrogen (secondary N) is 1. The van der Waals surface area contributed by atoms with Crippen LogP contribution in [0.2, 0.25) is 0 Å². The SMILES string of the molecule is O=C1CC([NH+]2CCN(c3ccccn3)CC2)C(=O)N1c1ccc(OC(F)(F)Cl)cc1. The van der Waals surface area contributed by atoms with Crippen molar-refractivity contribution in [2.75, 3.05) is 36.0 Å². The molecule has 1 aromatic heterocycles. The van der Waals surface area contributed by atoms with E-state index in [9.17, 15) is 18.4 Å². The van der Waals surface area contributed by atoms with Crippen molar-refractivity contribution in [3.05, 3.63) is 48.7 Å². The number of hydrogen-bond acceptors (Lipinski definition) is 5. The van der Waals surface area contributed by atoms with Crippen molar-refractivity contribution in [2.45, 2.75) is 18.0 Å². The van der Waals surface area contributed by atoms with Gasteiger partial charge in [-0.05, 0) is 36.4 Å². The second-order valence-electron chi connectivity index (χ2n) is 7.20. The maximum atomic E-state index is 13.0. The number of rotatable bonds is 5. The number of ether oxygens (including phenoxy) is 1. The lowest BCUT2D eigenvalue weighted by molar-refractivity contribution is -0.915. The highest BCUT2D eigenvalue weighted by atomic mass is 35.5. The zero-order chi connectivity index (χ0) is 21.3. The molecule has 1 unspecified atom stereocenters. The van der Waals surface area contributed by atoms with Crippen molar-refractivity contribution in [2.24, 2.45) is 0 Å². The van der Waals surface area contributed by atoms with E-state index >= 15 is 0 Å². The van der Waals surface area contributed by atoms with Gasteiger partial charge in [-0.3, -0.25) is 9.59 Å². The fourth-order valence-electron chi connectivity index (χ4n) is 3.93. The number of pyridine rings is 1. The number of amides is 2. The number of alkyl halides is 3. The second-order valence-corrected chi connectivity index (χ2v) is 7.64. The molecule has 2 aromatic rings. The van der Waals surface area contributed by atoms with Gasteiger partial charge in [0.2, 0.25) is 5.91 Å². The first-order valence-corrected chi connectivity index (χ1v) is 9.93. The van der Waals surface area contributed by atoms with Crippen molar-refractivity contribution in [3.8, 4) is 5.75 Å². The summed E-state index contributed by atoms with van der Waals surface area (Å²) in [7, 11) is 0. The number of carbonyl (C=O) groups is 2. The quantitative estimate of drug-likeness (QED) is 0.564. The summed E-state index contributed by atoms with van der Waals surface area (Å²) in [6, 6.07) is 10.6.